The summed E-state index contributed by atoms with van der Waals surface area (Å²) < 4.78 is 66.7. The topological polar surface area (TPSA) is 117 Å². The van der Waals surface area contributed by atoms with Gasteiger partial charge in [-0.15, -0.1) is 0 Å². The van der Waals surface area contributed by atoms with Crippen LogP contribution in [0.3, 0.4) is 0 Å². The minimum absolute atomic E-state index is 0.0234. The van der Waals surface area contributed by atoms with E-state index in [0.29, 0.717) is 17.1 Å². The molecule has 1 unspecified atom stereocenters. The smallest absolute Gasteiger partial charge is 0.493 e. The number of phosphoric acid groups is 1. The van der Waals surface area contributed by atoms with Gasteiger partial charge in [-0.2, -0.15) is 0 Å². The number of carbonyl (C=O) groups is 1. The van der Waals surface area contributed by atoms with E-state index in [4.69, 9.17) is 42.0 Å². The molecule has 2 aliphatic heterocycles. The minimum Gasteiger partial charge on any atom is -0.493 e. The molecule has 0 spiro atoms. The van der Waals surface area contributed by atoms with Crippen LogP contribution in [-0.2, 0) is 41.1 Å². The van der Waals surface area contributed by atoms with Gasteiger partial charge < -0.3 is 32.9 Å². The SMILES string of the molecule is COc1cc([C@@H]2c3cc4c(cc3[C@H](OC)C3COC(=O)[C@@H]32)OCO4)cc(OC)c1OP(=O)(OCc1ccccc1)OCc1ccccc1. The molecule has 11 nitrogen and oxygen atoms in total. The van der Waals surface area contributed by atoms with Gasteiger partial charge in [-0.25, -0.2) is 4.57 Å². The van der Waals surface area contributed by atoms with Crippen LogP contribution < -0.4 is 23.5 Å². The number of carbonyl (C=O) groups excluding carboxylic acids is 1. The fourth-order valence-electron chi connectivity index (χ4n) is 6.64. The van der Waals surface area contributed by atoms with E-state index < -0.39 is 25.8 Å². The Morgan fingerprint density at radius 3 is 1.85 bits per heavy atom. The summed E-state index contributed by atoms with van der Waals surface area (Å²) in [4.78, 5) is 13.3. The van der Waals surface area contributed by atoms with Crippen molar-refractivity contribution in [3.63, 3.8) is 0 Å². The first-order chi connectivity index (χ1) is 23.4. The quantitative estimate of drug-likeness (QED) is 0.115. The van der Waals surface area contributed by atoms with E-state index in [1.165, 1.54) is 14.2 Å². The molecular formula is C36H35O11P. The molecular weight excluding hydrogens is 639 g/mol. The lowest BCUT2D eigenvalue weighted by Gasteiger charge is -2.38. The first-order valence-corrected chi connectivity index (χ1v) is 16.9. The average molecular weight is 675 g/mol. The number of hydrogen-bond acceptors (Lipinski definition) is 11. The highest BCUT2D eigenvalue weighted by Gasteiger charge is 2.53. The standard InChI is InChI=1S/C36H35O11P/c1-39-30-14-24(32-25-16-28-29(44-21-43-28)17-26(25)34(41-3)27-20-42-36(37)33(27)32)15-31(40-2)35(30)47-48(38,45-18-22-10-6-4-7-11-22)46-19-23-12-8-5-9-13-23/h4-17,27,32-34H,18-21H2,1-3H3/t27?,32-,33+,34+/m1/s1. The Bertz CT molecular complexity index is 1760. The molecule has 4 aromatic rings. The molecule has 0 saturated carbocycles. The van der Waals surface area contributed by atoms with Crippen LogP contribution in [0.1, 0.15) is 39.8 Å². The summed E-state index contributed by atoms with van der Waals surface area (Å²) in [5.41, 5.74) is 3.95. The summed E-state index contributed by atoms with van der Waals surface area (Å²) >= 11 is 0. The van der Waals surface area contributed by atoms with Gasteiger partial charge in [0.05, 0.1) is 46.1 Å². The predicted molar refractivity (Wildman–Crippen MR) is 172 cm³/mol. The zero-order chi connectivity index (χ0) is 33.3. The van der Waals surface area contributed by atoms with Gasteiger partial charge in [0.2, 0.25) is 12.5 Å². The van der Waals surface area contributed by atoms with Crippen molar-refractivity contribution in [3.05, 3.63) is 113 Å². The fourth-order valence-corrected chi connectivity index (χ4v) is 7.84. The molecule has 1 fully saturated rings. The zero-order valence-corrected chi connectivity index (χ0v) is 27.6. The molecule has 12 heteroatoms. The van der Waals surface area contributed by atoms with Gasteiger partial charge in [0.1, 0.15) is 0 Å². The highest BCUT2D eigenvalue weighted by atomic mass is 31.2. The first kappa shape index (κ1) is 32.0. The zero-order valence-electron chi connectivity index (χ0n) is 26.7. The third-order valence-corrected chi connectivity index (χ3v) is 10.2. The van der Waals surface area contributed by atoms with Crippen LogP contribution in [0, 0.1) is 11.8 Å². The van der Waals surface area contributed by atoms with Crippen LogP contribution in [0.25, 0.3) is 0 Å². The van der Waals surface area contributed by atoms with E-state index in [0.717, 1.165) is 22.3 Å². The second-order valence-electron chi connectivity index (χ2n) is 11.6. The van der Waals surface area contributed by atoms with Crippen LogP contribution in [0.4, 0.5) is 0 Å². The number of methoxy groups -OCH3 is 3. The van der Waals surface area contributed by atoms with Gasteiger partial charge in [0.15, 0.2) is 23.0 Å². The van der Waals surface area contributed by atoms with E-state index in [-0.39, 0.29) is 55.7 Å². The van der Waals surface area contributed by atoms with Gasteiger partial charge in [0, 0.05) is 18.9 Å². The Labute approximate surface area is 278 Å². The fraction of sp³-hybridized carbons (Fsp3) is 0.306. The second kappa shape index (κ2) is 13.5. The number of hydrogen-bond donors (Lipinski definition) is 0. The van der Waals surface area contributed by atoms with Gasteiger partial charge in [0.25, 0.3) is 0 Å². The highest BCUT2D eigenvalue weighted by Crippen LogP contribution is 2.59. The number of esters is 1. The molecule has 0 aromatic heterocycles. The monoisotopic (exact) mass is 674 g/mol. The van der Waals surface area contributed by atoms with Crippen LogP contribution in [0.2, 0.25) is 0 Å². The Morgan fingerprint density at radius 2 is 1.31 bits per heavy atom. The molecule has 3 aliphatic rings. The summed E-state index contributed by atoms with van der Waals surface area (Å²) in [5, 5.41) is 0. The Morgan fingerprint density at radius 1 is 0.750 bits per heavy atom. The van der Waals surface area contributed by atoms with Crippen molar-refractivity contribution in [1.29, 1.82) is 0 Å². The molecule has 1 aliphatic carbocycles. The minimum atomic E-state index is -4.28. The predicted octanol–water partition coefficient (Wildman–Crippen LogP) is 6.98. The van der Waals surface area contributed by atoms with Crippen molar-refractivity contribution in [1.82, 2.24) is 0 Å². The van der Waals surface area contributed by atoms with Gasteiger partial charge in [-0.05, 0) is 52.1 Å². The molecule has 0 radical (unpaired) electrons. The lowest BCUT2D eigenvalue weighted by molar-refractivity contribution is -0.141. The Kier molecular flexibility index (Phi) is 9.02. The van der Waals surface area contributed by atoms with Gasteiger partial charge in [-0.3, -0.25) is 13.8 Å². The lowest BCUT2D eigenvalue weighted by Crippen LogP contribution is -2.35. The number of benzene rings is 4. The summed E-state index contributed by atoms with van der Waals surface area (Å²) in [5.74, 6) is -0.0381. The summed E-state index contributed by atoms with van der Waals surface area (Å²) in [7, 11) is 0.267. The number of phosphoric ester groups is 1. The third kappa shape index (κ3) is 6.10. The highest BCUT2D eigenvalue weighted by molar-refractivity contribution is 7.48. The molecule has 7 rings (SSSR count). The van der Waals surface area contributed by atoms with Crippen LogP contribution >= 0.6 is 7.82 Å². The number of rotatable bonds is 12. The van der Waals surface area contributed by atoms with Crippen molar-refractivity contribution in [2.45, 2.75) is 25.2 Å². The molecule has 2 heterocycles. The van der Waals surface area contributed by atoms with E-state index in [2.05, 4.69) is 0 Å². The van der Waals surface area contributed by atoms with E-state index >= 15 is 0 Å². The maximum Gasteiger partial charge on any atom is 0.530 e. The summed E-state index contributed by atoms with van der Waals surface area (Å²) in [6.45, 7) is 0.247. The molecule has 48 heavy (non-hydrogen) atoms. The lowest BCUT2D eigenvalue weighted by atomic mass is 9.66. The Balaban J connectivity index is 1.28. The van der Waals surface area contributed by atoms with Gasteiger partial charge >= 0.3 is 13.8 Å². The largest absolute Gasteiger partial charge is 0.530 e. The van der Waals surface area contributed by atoms with E-state index in [1.54, 1.807) is 19.2 Å². The number of fused-ring (bicyclic) bond motifs is 3. The van der Waals surface area contributed by atoms with E-state index in [9.17, 15) is 9.36 Å². The summed E-state index contributed by atoms with van der Waals surface area (Å²) in [6.07, 6.45) is -0.400. The molecule has 4 atom stereocenters. The molecule has 0 amide bonds. The molecule has 0 N–H and O–H groups in total. The maximum absolute atomic E-state index is 14.3. The van der Waals surface area contributed by atoms with Crippen molar-refractivity contribution < 1.29 is 51.4 Å². The van der Waals surface area contributed by atoms with Crippen molar-refractivity contribution >= 4 is 13.8 Å². The number of ether oxygens (including phenoxy) is 6. The van der Waals surface area contributed by atoms with Crippen LogP contribution in [0.15, 0.2) is 84.9 Å². The first-order valence-electron chi connectivity index (χ1n) is 15.5. The van der Waals surface area contributed by atoms with E-state index in [1.807, 2.05) is 72.8 Å². The normalized spacial score (nSPS) is 20.9. The van der Waals surface area contributed by atoms with Crippen LogP contribution in [0.5, 0.6) is 28.7 Å². The molecule has 250 valence electrons. The third-order valence-electron chi connectivity index (χ3n) is 8.88. The van der Waals surface area contributed by atoms with Crippen molar-refractivity contribution in [2.75, 3.05) is 34.7 Å². The Hall–Kier alpha value is -4.54. The summed E-state index contributed by atoms with van der Waals surface area (Å²) in [6, 6.07) is 25.9. The average Bonchev–Trinajstić information content (AvgIpc) is 3.75. The van der Waals surface area contributed by atoms with Crippen molar-refractivity contribution in [3.8, 4) is 28.7 Å². The van der Waals surface area contributed by atoms with Crippen LogP contribution in [-0.4, -0.2) is 40.7 Å². The molecule has 0 bridgehead atoms. The van der Waals surface area contributed by atoms with Crippen molar-refractivity contribution in [2.24, 2.45) is 11.8 Å². The second-order valence-corrected chi connectivity index (χ2v) is 13.2. The maximum atomic E-state index is 14.3. The molecule has 1 saturated heterocycles. The molecule has 4 aromatic carbocycles. The number of cyclic esters (lactones) is 1. The van der Waals surface area contributed by atoms with Gasteiger partial charge in [-0.1, -0.05) is 60.7 Å².